The number of hydrogen-bond acceptors (Lipinski definition) is 6. The molecule has 7 nitrogen and oxygen atoms in total. The van der Waals surface area contributed by atoms with E-state index >= 15 is 0 Å². The number of aryl methyl sites for hydroxylation is 1. The maximum Gasteiger partial charge on any atom is 0.222 e. The van der Waals surface area contributed by atoms with Crippen LogP contribution in [0.3, 0.4) is 0 Å². The number of aromatic nitrogens is 4. The minimum absolute atomic E-state index is 0.493. The molecule has 3 fully saturated rings. The number of hydrogen-bond donors (Lipinski definition) is 1. The van der Waals surface area contributed by atoms with Crippen molar-refractivity contribution in [3.05, 3.63) is 36.8 Å². The highest BCUT2D eigenvalue weighted by molar-refractivity contribution is 5.83. The minimum atomic E-state index is 0.493. The summed E-state index contributed by atoms with van der Waals surface area (Å²) >= 11 is 0. The molecule has 2 aliphatic heterocycles. The van der Waals surface area contributed by atoms with Gasteiger partial charge >= 0.3 is 0 Å². The van der Waals surface area contributed by atoms with Crippen LogP contribution in [0.2, 0.25) is 0 Å². The zero-order valence-electron chi connectivity index (χ0n) is 18.8. The standard InChI is InChI=1S/C25H32N6O/c1-30-14-21-8-18(2-3-24(21)29-30)22-11-26-25(27-12-22)28-23-9-19-15-31(16-20(19)10-23)13-17-4-6-32-7-5-17/h2-3,8,11-12,14,17,19-20,23H,4-7,9-10,13,15-16H2,1H3,(H,26,27,28)/t19-,20+,23-. The summed E-state index contributed by atoms with van der Waals surface area (Å²) in [4.78, 5) is 12.0. The lowest BCUT2D eigenvalue weighted by atomic mass is 10.00. The molecule has 1 aliphatic carbocycles. The van der Waals surface area contributed by atoms with Gasteiger partial charge in [-0.15, -0.1) is 0 Å². The average molecular weight is 433 g/mol. The number of fused-ring (bicyclic) bond motifs is 2. The molecule has 2 saturated heterocycles. The fraction of sp³-hybridized carbons (Fsp3) is 0.560. The van der Waals surface area contributed by atoms with Crippen molar-refractivity contribution in [2.24, 2.45) is 24.8 Å². The maximum atomic E-state index is 5.52. The van der Waals surface area contributed by atoms with E-state index in [2.05, 4.69) is 43.5 Å². The van der Waals surface area contributed by atoms with E-state index in [-0.39, 0.29) is 0 Å². The quantitative estimate of drug-likeness (QED) is 0.665. The Hall–Kier alpha value is -2.51. The molecule has 6 rings (SSSR count). The highest BCUT2D eigenvalue weighted by Gasteiger charge is 2.41. The van der Waals surface area contributed by atoms with Gasteiger partial charge in [-0.1, -0.05) is 6.07 Å². The van der Waals surface area contributed by atoms with Crippen LogP contribution in [0.5, 0.6) is 0 Å². The number of benzene rings is 1. The van der Waals surface area contributed by atoms with Crippen LogP contribution in [0.1, 0.15) is 25.7 Å². The van der Waals surface area contributed by atoms with Gasteiger partial charge in [0.1, 0.15) is 0 Å². The third-order valence-electron chi connectivity index (χ3n) is 7.62. The van der Waals surface area contributed by atoms with Gasteiger partial charge in [-0.3, -0.25) is 4.68 Å². The average Bonchev–Trinajstić information content (AvgIpc) is 3.46. The SMILES string of the molecule is Cn1cc2cc(-c3cnc(N[C@@H]4C[C@@H]5CN(CC6CCOCC6)C[C@@H]5C4)nc3)ccc2n1. The van der Waals surface area contributed by atoms with Crippen molar-refractivity contribution in [2.75, 3.05) is 38.2 Å². The van der Waals surface area contributed by atoms with Crippen molar-refractivity contribution in [3.63, 3.8) is 0 Å². The Bertz CT molecular complexity index is 1060. The molecule has 1 aromatic carbocycles. The van der Waals surface area contributed by atoms with Crippen molar-refractivity contribution in [1.82, 2.24) is 24.6 Å². The molecule has 1 N–H and O–H groups in total. The van der Waals surface area contributed by atoms with Crippen LogP contribution >= 0.6 is 0 Å². The first kappa shape index (κ1) is 20.1. The van der Waals surface area contributed by atoms with Gasteiger partial charge in [0.05, 0.1) is 5.52 Å². The van der Waals surface area contributed by atoms with Gasteiger partial charge in [0.15, 0.2) is 0 Å². The first-order valence-corrected chi connectivity index (χ1v) is 12.0. The predicted molar refractivity (Wildman–Crippen MR) is 125 cm³/mol. The fourth-order valence-corrected chi connectivity index (χ4v) is 6.02. The van der Waals surface area contributed by atoms with Crippen LogP contribution in [0, 0.1) is 17.8 Å². The minimum Gasteiger partial charge on any atom is -0.381 e. The Kier molecular flexibility index (Phi) is 5.31. The van der Waals surface area contributed by atoms with E-state index in [1.54, 1.807) is 0 Å². The number of anilines is 1. The van der Waals surface area contributed by atoms with E-state index < -0.39 is 0 Å². The van der Waals surface area contributed by atoms with Gasteiger partial charge in [-0.25, -0.2) is 9.97 Å². The van der Waals surface area contributed by atoms with E-state index in [0.29, 0.717) is 6.04 Å². The molecule has 32 heavy (non-hydrogen) atoms. The largest absolute Gasteiger partial charge is 0.381 e. The van der Waals surface area contributed by atoms with Crippen molar-refractivity contribution >= 4 is 16.9 Å². The second kappa shape index (κ2) is 8.45. The van der Waals surface area contributed by atoms with E-state index in [0.717, 1.165) is 58.9 Å². The van der Waals surface area contributed by atoms with Crippen LogP contribution in [0.4, 0.5) is 5.95 Å². The molecule has 4 heterocycles. The second-order valence-corrected chi connectivity index (χ2v) is 9.98. The van der Waals surface area contributed by atoms with Gasteiger partial charge in [0.2, 0.25) is 5.95 Å². The first-order chi connectivity index (χ1) is 15.7. The Morgan fingerprint density at radius 2 is 1.78 bits per heavy atom. The topological polar surface area (TPSA) is 68.1 Å². The highest BCUT2D eigenvalue weighted by Crippen LogP contribution is 2.39. The summed E-state index contributed by atoms with van der Waals surface area (Å²) in [5.74, 6) is 3.22. The summed E-state index contributed by atoms with van der Waals surface area (Å²) in [6.07, 6.45) is 10.8. The van der Waals surface area contributed by atoms with Crippen molar-refractivity contribution in [2.45, 2.75) is 31.7 Å². The molecule has 3 aliphatic rings. The molecule has 3 aromatic rings. The van der Waals surface area contributed by atoms with Crippen molar-refractivity contribution in [3.8, 4) is 11.1 Å². The van der Waals surface area contributed by atoms with Crippen LogP contribution in [0.25, 0.3) is 22.0 Å². The van der Waals surface area contributed by atoms with Gasteiger partial charge in [0, 0.05) is 75.5 Å². The third-order valence-corrected chi connectivity index (χ3v) is 7.62. The molecule has 0 unspecified atom stereocenters. The van der Waals surface area contributed by atoms with E-state index in [1.807, 2.05) is 30.3 Å². The summed E-state index contributed by atoms with van der Waals surface area (Å²) in [6.45, 7) is 5.69. The third kappa shape index (κ3) is 4.11. The molecule has 0 bridgehead atoms. The predicted octanol–water partition coefficient (Wildman–Crippen LogP) is 3.58. The maximum absolute atomic E-state index is 5.52. The molecule has 0 amide bonds. The monoisotopic (exact) mass is 432 g/mol. The van der Waals surface area contributed by atoms with E-state index in [1.165, 1.54) is 45.3 Å². The van der Waals surface area contributed by atoms with Gasteiger partial charge in [-0.2, -0.15) is 5.10 Å². The Morgan fingerprint density at radius 1 is 1.03 bits per heavy atom. The first-order valence-electron chi connectivity index (χ1n) is 12.0. The van der Waals surface area contributed by atoms with Gasteiger partial charge in [-0.05, 0) is 61.1 Å². The summed E-state index contributed by atoms with van der Waals surface area (Å²) in [7, 11) is 1.95. The van der Waals surface area contributed by atoms with Crippen LogP contribution in [0.15, 0.2) is 36.8 Å². The van der Waals surface area contributed by atoms with Crippen molar-refractivity contribution in [1.29, 1.82) is 0 Å². The zero-order chi connectivity index (χ0) is 21.5. The molecule has 0 spiro atoms. The number of nitrogens with zero attached hydrogens (tertiary/aromatic N) is 5. The molecule has 0 radical (unpaired) electrons. The number of nitrogens with one attached hydrogen (secondary N) is 1. The lowest BCUT2D eigenvalue weighted by Crippen LogP contribution is -2.32. The van der Waals surface area contributed by atoms with Crippen LogP contribution in [-0.4, -0.2) is 63.5 Å². The van der Waals surface area contributed by atoms with Crippen molar-refractivity contribution < 1.29 is 4.74 Å². The highest BCUT2D eigenvalue weighted by atomic mass is 16.5. The molecular formula is C25H32N6O. The van der Waals surface area contributed by atoms with Crippen LogP contribution in [-0.2, 0) is 11.8 Å². The van der Waals surface area contributed by atoms with Crippen LogP contribution < -0.4 is 5.32 Å². The molecule has 7 heteroatoms. The Balaban J connectivity index is 1.04. The smallest absolute Gasteiger partial charge is 0.222 e. The molecule has 1 saturated carbocycles. The number of likely N-dealkylation sites (tertiary alicyclic amines) is 1. The van der Waals surface area contributed by atoms with E-state index in [9.17, 15) is 0 Å². The Morgan fingerprint density at radius 3 is 2.53 bits per heavy atom. The number of ether oxygens (including phenoxy) is 1. The number of rotatable bonds is 5. The molecule has 3 atom stereocenters. The second-order valence-electron chi connectivity index (χ2n) is 9.98. The Labute approximate surface area is 189 Å². The lowest BCUT2D eigenvalue weighted by molar-refractivity contribution is 0.0545. The molecular weight excluding hydrogens is 400 g/mol. The lowest BCUT2D eigenvalue weighted by Gasteiger charge is -2.27. The summed E-state index contributed by atoms with van der Waals surface area (Å²) in [5.41, 5.74) is 3.17. The molecule has 168 valence electrons. The normalized spacial score (nSPS) is 26.6. The van der Waals surface area contributed by atoms with E-state index in [4.69, 9.17) is 4.74 Å². The summed E-state index contributed by atoms with van der Waals surface area (Å²) in [6, 6.07) is 6.79. The van der Waals surface area contributed by atoms with Gasteiger partial charge in [0.25, 0.3) is 0 Å². The zero-order valence-corrected chi connectivity index (χ0v) is 18.8. The summed E-state index contributed by atoms with van der Waals surface area (Å²) in [5, 5.41) is 9.19. The molecule has 2 aromatic heterocycles. The van der Waals surface area contributed by atoms with Gasteiger partial charge < -0.3 is 15.0 Å². The fourth-order valence-electron chi connectivity index (χ4n) is 6.02. The summed E-state index contributed by atoms with van der Waals surface area (Å²) < 4.78 is 7.36.